The van der Waals surface area contributed by atoms with Gasteiger partial charge in [0.05, 0.1) is 11.6 Å². The van der Waals surface area contributed by atoms with Gasteiger partial charge in [-0.05, 0) is 38.6 Å². The molecule has 0 saturated carbocycles. The number of benzene rings is 1. The van der Waals surface area contributed by atoms with Crippen molar-refractivity contribution < 1.29 is 4.74 Å². The number of rotatable bonds is 5. The Balaban J connectivity index is 2.95. The Morgan fingerprint density at radius 2 is 2.19 bits per heavy atom. The van der Waals surface area contributed by atoms with Crippen LogP contribution in [0.3, 0.4) is 0 Å². The molecule has 3 nitrogen and oxygen atoms in total. The standard InChI is InChI=1S/C12H19ClN2O/c1-4-16-11-6-5-9(7-10(11)13)12(15-3)8(2)14/h5-8,12,15H,4,14H2,1-3H3. The summed E-state index contributed by atoms with van der Waals surface area (Å²) >= 11 is 6.12. The number of nitrogens with two attached hydrogens (primary N) is 1. The number of likely N-dealkylation sites (N-methyl/N-ethyl adjacent to an activating group) is 1. The lowest BCUT2D eigenvalue weighted by molar-refractivity contribution is 0.340. The molecule has 2 atom stereocenters. The van der Waals surface area contributed by atoms with E-state index in [-0.39, 0.29) is 12.1 Å². The van der Waals surface area contributed by atoms with Gasteiger partial charge < -0.3 is 15.8 Å². The Morgan fingerprint density at radius 3 is 2.62 bits per heavy atom. The van der Waals surface area contributed by atoms with Crippen LogP contribution in [0.5, 0.6) is 5.75 Å². The van der Waals surface area contributed by atoms with Crippen molar-refractivity contribution in [1.82, 2.24) is 5.32 Å². The van der Waals surface area contributed by atoms with Gasteiger partial charge in [0.2, 0.25) is 0 Å². The fourth-order valence-corrected chi connectivity index (χ4v) is 1.96. The molecule has 0 radical (unpaired) electrons. The first kappa shape index (κ1) is 13.3. The van der Waals surface area contributed by atoms with Crippen LogP contribution >= 0.6 is 11.6 Å². The largest absolute Gasteiger partial charge is 0.492 e. The van der Waals surface area contributed by atoms with Gasteiger partial charge in [-0.25, -0.2) is 0 Å². The number of hydrogen-bond acceptors (Lipinski definition) is 3. The van der Waals surface area contributed by atoms with Crippen molar-refractivity contribution in [1.29, 1.82) is 0 Å². The molecule has 0 heterocycles. The van der Waals surface area contributed by atoms with Crippen LogP contribution in [-0.4, -0.2) is 19.7 Å². The molecule has 1 rings (SSSR count). The molecule has 1 aromatic rings. The van der Waals surface area contributed by atoms with Crippen molar-refractivity contribution in [3.05, 3.63) is 28.8 Å². The molecule has 90 valence electrons. The van der Waals surface area contributed by atoms with Crippen LogP contribution in [0.4, 0.5) is 0 Å². The van der Waals surface area contributed by atoms with E-state index in [9.17, 15) is 0 Å². The molecular weight excluding hydrogens is 224 g/mol. The smallest absolute Gasteiger partial charge is 0.137 e. The molecule has 0 aliphatic heterocycles. The number of ether oxygens (including phenoxy) is 1. The van der Waals surface area contributed by atoms with E-state index in [0.717, 1.165) is 5.56 Å². The van der Waals surface area contributed by atoms with Gasteiger partial charge >= 0.3 is 0 Å². The molecule has 0 saturated heterocycles. The molecule has 0 aliphatic carbocycles. The van der Waals surface area contributed by atoms with E-state index in [1.54, 1.807) is 0 Å². The molecule has 1 aromatic carbocycles. The molecule has 3 N–H and O–H groups in total. The van der Waals surface area contributed by atoms with Crippen molar-refractivity contribution >= 4 is 11.6 Å². The van der Waals surface area contributed by atoms with Crippen LogP contribution in [0.25, 0.3) is 0 Å². The van der Waals surface area contributed by atoms with Gasteiger partial charge in [-0.1, -0.05) is 17.7 Å². The van der Waals surface area contributed by atoms with Gasteiger partial charge in [0.15, 0.2) is 0 Å². The summed E-state index contributed by atoms with van der Waals surface area (Å²) in [4.78, 5) is 0. The predicted molar refractivity (Wildman–Crippen MR) is 68.1 cm³/mol. The first-order valence-electron chi connectivity index (χ1n) is 5.45. The van der Waals surface area contributed by atoms with E-state index >= 15 is 0 Å². The molecule has 0 bridgehead atoms. The zero-order chi connectivity index (χ0) is 12.1. The van der Waals surface area contributed by atoms with Gasteiger partial charge in [-0.3, -0.25) is 0 Å². The van der Waals surface area contributed by atoms with E-state index in [1.165, 1.54) is 0 Å². The Hall–Kier alpha value is -0.770. The van der Waals surface area contributed by atoms with Crippen molar-refractivity contribution in [2.24, 2.45) is 5.73 Å². The second-order valence-electron chi connectivity index (χ2n) is 3.75. The highest BCUT2D eigenvalue weighted by Gasteiger charge is 2.15. The van der Waals surface area contributed by atoms with Crippen LogP contribution < -0.4 is 15.8 Å². The van der Waals surface area contributed by atoms with Gasteiger partial charge in [-0.15, -0.1) is 0 Å². The van der Waals surface area contributed by atoms with Gasteiger partial charge in [0.1, 0.15) is 5.75 Å². The Morgan fingerprint density at radius 1 is 1.50 bits per heavy atom. The lowest BCUT2D eigenvalue weighted by Gasteiger charge is -2.21. The van der Waals surface area contributed by atoms with Crippen LogP contribution in [0.15, 0.2) is 18.2 Å². The summed E-state index contributed by atoms with van der Waals surface area (Å²) in [6, 6.07) is 5.90. The summed E-state index contributed by atoms with van der Waals surface area (Å²) < 4.78 is 5.38. The third-order valence-electron chi connectivity index (χ3n) is 2.45. The van der Waals surface area contributed by atoms with Crippen LogP contribution in [0, 0.1) is 0 Å². The quantitative estimate of drug-likeness (QED) is 0.833. The van der Waals surface area contributed by atoms with Crippen LogP contribution in [0.1, 0.15) is 25.5 Å². The Kier molecular flexibility index (Phi) is 5.06. The molecule has 0 aliphatic rings. The summed E-state index contributed by atoms with van der Waals surface area (Å²) in [5.41, 5.74) is 6.96. The lowest BCUT2D eigenvalue weighted by Crippen LogP contribution is -2.33. The van der Waals surface area contributed by atoms with E-state index < -0.39 is 0 Å². The zero-order valence-corrected chi connectivity index (χ0v) is 10.7. The normalized spacial score (nSPS) is 14.6. The molecule has 0 aromatic heterocycles. The maximum Gasteiger partial charge on any atom is 0.137 e. The van der Waals surface area contributed by atoms with E-state index in [0.29, 0.717) is 17.4 Å². The highest BCUT2D eigenvalue weighted by Crippen LogP contribution is 2.28. The van der Waals surface area contributed by atoms with Gasteiger partial charge in [0, 0.05) is 12.1 Å². The van der Waals surface area contributed by atoms with Crippen LogP contribution in [-0.2, 0) is 0 Å². The van der Waals surface area contributed by atoms with E-state index in [2.05, 4.69) is 5.32 Å². The fourth-order valence-electron chi connectivity index (χ4n) is 1.72. The highest BCUT2D eigenvalue weighted by atomic mass is 35.5. The molecule has 0 fully saturated rings. The van der Waals surface area contributed by atoms with E-state index in [1.807, 2.05) is 39.1 Å². The molecule has 4 heteroatoms. The number of halogens is 1. The van der Waals surface area contributed by atoms with Gasteiger partial charge in [-0.2, -0.15) is 0 Å². The summed E-state index contributed by atoms with van der Waals surface area (Å²) in [6.45, 7) is 4.51. The van der Waals surface area contributed by atoms with Crippen molar-refractivity contribution in [2.75, 3.05) is 13.7 Å². The average Bonchev–Trinajstić information content (AvgIpc) is 2.22. The number of nitrogens with one attached hydrogen (secondary N) is 1. The molecular formula is C12H19ClN2O. The second kappa shape index (κ2) is 6.09. The summed E-state index contributed by atoms with van der Waals surface area (Å²) in [5, 5.41) is 3.80. The summed E-state index contributed by atoms with van der Waals surface area (Å²) in [7, 11) is 1.89. The molecule has 2 unspecified atom stereocenters. The lowest BCUT2D eigenvalue weighted by atomic mass is 10.0. The maximum atomic E-state index is 6.12. The topological polar surface area (TPSA) is 47.3 Å². The zero-order valence-electron chi connectivity index (χ0n) is 9.96. The molecule has 0 amide bonds. The minimum absolute atomic E-state index is 0.0269. The minimum atomic E-state index is 0.0269. The van der Waals surface area contributed by atoms with Crippen LogP contribution in [0.2, 0.25) is 5.02 Å². The summed E-state index contributed by atoms with van der Waals surface area (Å²) in [6.07, 6.45) is 0. The molecule has 0 spiro atoms. The van der Waals surface area contributed by atoms with Crippen molar-refractivity contribution in [3.8, 4) is 5.75 Å². The first-order chi connectivity index (χ1) is 7.60. The Bertz CT molecular complexity index is 342. The highest BCUT2D eigenvalue weighted by molar-refractivity contribution is 6.32. The third-order valence-corrected chi connectivity index (χ3v) is 2.75. The van der Waals surface area contributed by atoms with Crippen molar-refractivity contribution in [2.45, 2.75) is 25.9 Å². The second-order valence-corrected chi connectivity index (χ2v) is 4.16. The minimum Gasteiger partial charge on any atom is -0.492 e. The van der Waals surface area contributed by atoms with Crippen molar-refractivity contribution in [3.63, 3.8) is 0 Å². The first-order valence-corrected chi connectivity index (χ1v) is 5.83. The third kappa shape index (κ3) is 3.11. The maximum absolute atomic E-state index is 6.12. The SMILES string of the molecule is CCOc1ccc(C(NC)C(C)N)cc1Cl. The molecule has 16 heavy (non-hydrogen) atoms. The Labute approximate surface area is 102 Å². The predicted octanol–water partition coefficient (Wildman–Crippen LogP) is 2.35. The monoisotopic (exact) mass is 242 g/mol. The summed E-state index contributed by atoms with van der Waals surface area (Å²) in [5.74, 6) is 0.715. The average molecular weight is 243 g/mol. The fraction of sp³-hybridized carbons (Fsp3) is 0.500. The van der Waals surface area contributed by atoms with Gasteiger partial charge in [0.25, 0.3) is 0 Å². The number of hydrogen-bond donors (Lipinski definition) is 2. The van der Waals surface area contributed by atoms with E-state index in [4.69, 9.17) is 22.1 Å².